The highest BCUT2D eigenvalue weighted by atomic mass is 28.4. The molecular formula is C23H53N3O2Si. The molecule has 0 rings (SSSR count). The molecule has 0 radical (unpaired) electrons. The van der Waals surface area contributed by atoms with Crippen molar-refractivity contribution in [2.45, 2.75) is 72.9 Å². The van der Waals surface area contributed by atoms with E-state index in [9.17, 15) is 0 Å². The molecule has 0 saturated heterocycles. The highest BCUT2D eigenvalue weighted by molar-refractivity contribution is 6.66. The maximum Gasteiger partial charge on any atom is 0.334 e. The highest BCUT2D eigenvalue weighted by Crippen LogP contribution is 2.39. The minimum absolute atomic E-state index is 0.346. The van der Waals surface area contributed by atoms with Gasteiger partial charge in [0.15, 0.2) is 0 Å². The van der Waals surface area contributed by atoms with Gasteiger partial charge in [0.05, 0.1) is 0 Å². The van der Waals surface area contributed by atoms with Crippen LogP contribution in [0.2, 0.25) is 12.6 Å². The average molecular weight is 432 g/mol. The van der Waals surface area contributed by atoms with E-state index in [4.69, 9.17) is 8.85 Å². The van der Waals surface area contributed by atoms with Gasteiger partial charge in [-0.3, -0.25) is 0 Å². The van der Waals surface area contributed by atoms with Crippen molar-refractivity contribution >= 4 is 8.56 Å². The van der Waals surface area contributed by atoms with Crippen LogP contribution in [0.5, 0.6) is 0 Å². The van der Waals surface area contributed by atoms with Crippen LogP contribution < -0.4 is 0 Å². The van der Waals surface area contributed by atoms with E-state index in [0.717, 1.165) is 38.9 Å². The van der Waals surface area contributed by atoms with Crippen molar-refractivity contribution in [1.82, 2.24) is 14.7 Å². The second kappa shape index (κ2) is 15.8. The van der Waals surface area contributed by atoms with Gasteiger partial charge in [-0.2, -0.15) is 0 Å². The van der Waals surface area contributed by atoms with Crippen molar-refractivity contribution in [2.75, 3.05) is 73.6 Å². The van der Waals surface area contributed by atoms with E-state index in [2.05, 4.69) is 77.0 Å². The summed E-state index contributed by atoms with van der Waals surface area (Å²) in [5, 5.41) is 0. The molecule has 0 aliphatic carbocycles. The Kier molecular flexibility index (Phi) is 15.8. The molecule has 0 aromatic carbocycles. The number of hydrogen-bond acceptors (Lipinski definition) is 5. The molecule has 0 amide bonds. The molecule has 0 spiro atoms. The normalized spacial score (nSPS) is 13.2. The zero-order chi connectivity index (χ0) is 22.3. The first-order chi connectivity index (χ1) is 13.7. The summed E-state index contributed by atoms with van der Waals surface area (Å²) >= 11 is 0. The van der Waals surface area contributed by atoms with Gasteiger partial charge in [-0.15, -0.1) is 0 Å². The second-order valence-corrected chi connectivity index (χ2v) is 12.3. The maximum absolute atomic E-state index is 6.19. The third-order valence-corrected chi connectivity index (χ3v) is 9.66. The summed E-state index contributed by atoms with van der Waals surface area (Å²) in [4.78, 5) is 7.39. The predicted molar refractivity (Wildman–Crippen MR) is 130 cm³/mol. The van der Waals surface area contributed by atoms with E-state index in [1.54, 1.807) is 0 Å². The lowest BCUT2D eigenvalue weighted by Gasteiger charge is -2.40. The van der Waals surface area contributed by atoms with Gasteiger partial charge in [-0.1, -0.05) is 20.8 Å². The predicted octanol–water partition coefficient (Wildman–Crippen LogP) is 4.53. The fraction of sp³-hybridized carbons (Fsp3) is 1.00. The smallest absolute Gasteiger partial charge is 0.334 e. The lowest BCUT2D eigenvalue weighted by molar-refractivity contribution is 0.127. The molecule has 0 aromatic rings. The van der Waals surface area contributed by atoms with Crippen LogP contribution in [-0.2, 0) is 8.85 Å². The lowest BCUT2D eigenvalue weighted by atomic mass is 9.75. The zero-order valence-corrected chi connectivity index (χ0v) is 22.4. The van der Waals surface area contributed by atoms with Gasteiger partial charge in [0.25, 0.3) is 0 Å². The first kappa shape index (κ1) is 29.0. The molecule has 29 heavy (non-hydrogen) atoms. The van der Waals surface area contributed by atoms with Gasteiger partial charge in [-0.05, 0) is 118 Å². The standard InChI is InChI=1S/C23H53N3O2Si/c1-10-24(6)19-15-23(16-20-25(7)11-2,17-21-26(8)12-3)18-22-29(9,27-13-4)28-14-5/h10-22H2,1-9H3. The summed E-state index contributed by atoms with van der Waals surface area (Å²) in [6.45, 7) is 21.6. The van der Waals surface area contributed by atoms with Crippen LogP contribution in [0.25, 0.3) is 0 Å². The van der Waals surface area contributed by atoms with E-state index in [1.807, 2.05) is 0 Å². The number of hydrogen-bond donors (Lipinski definition) is 0. The topological polar surface area (TPSA) is 28.2 Å². The molecular weight excluding hydrogens is 378 g/mol. The Hall–Kier alpha value is 0.0169. The third-order valence-electron chi connectivity index (χ3n) is 6.70. The summed E-state index contributed by atoms with van der Waals surface area (Å²) in [6, 6.07) is 1.09. The molecule has 0 aliphatic rings. The Balaban J connectivity index is 5.49. The van der Waals surface area contributed by atoms with Crippen LogP contribution in [0.15, 0.2) is 0 Å². The van der Waals surface area contributed by atoms with Crippen LogP contribution in [0.4, 0.5) is 0 Å². The average Bonchev–Trinajstić information content (AvgIpc) is 2.72. The molecule has 0 saturated carbocycles. The Labute approximate surface area is 184 Å². The van der Waals surface area contributed by atoms with Crippen LogP contribution in [0.3, 0.4) is 0 Å². The second-order valence-electron chi connectivity index (χ2n) is 8.94. The van der Waals surface area contributed by atoms with Crippen LogP contribution in [-0.4, -0.2) is 96.9 Å². The van der Waals surface area contributed by atoms with E-state index >= 15 is 0 Å². The van der Waals surface area contributed by atoms with Gasteiger partial charge in [0.2, 0.25) is 0 Å². The first-order valence-corrected chi connectivity index (χ1v) is 14.6. The van der Waals surface area contributed by atoms with Crippen molar-refractivity contribution in [3.8, 4) is 0 Å². The quantitative estimate of drug-likeness (QED) is 0.280. The van der Waals surface area contributed by atoms with Crippen molar-refractivity contribution in [1.29, 1.82) is 0 Å². The molecule has 0 atom stereocenters. The SMILES string of the molecule is CCO[Si](C)(CCC(CCN(C)CC)(CCN(C)CC)CCN(C)CC)OCC. The first-order valence-electron chi connectivity index (χ1n) is 12.0. The molecule has 176 valence electrons. The Morgan fingerprint density at radius 1 is 0.621 bits per heavy atom. The minimum Gasteiger partial charge on any atom is -0.395 e. The number of rotatable bonds is 19. The van der Waals surface area contributed by atoms with Crippen LogP contribution >= 0.6 is 0 Å². The minimum atomic E-state index is -2.09. The molecule has 0 aliphatic heterocycles. The molecule has 0 heterocycles. The number of nitrogens with zero attached hydrogens (tertiary/aromatic N) is 3. The third kappa shape index (κ3) is 12.5. The Morgan fingerprint density at radius 3 is 1.24 bits per heavy atom. The van der Waals surface area contributed by atoms with Gasteiger partial charge in [0.1, 0.15) is 0 Å². The van der Waals surface area contributed by atoms with Gasteiger partial charge in [0, 0.05) is 13.2 Å². The summed E-state index contributed by atoms with van der Waals surface area (Å²) in [6.07, 6.45) is 4.99. The van der Waals surface area contributed by atoms with E-state index in [1.165, 1.54) is 45.3 Å². The molecule has 0 fully saturated rings. The Bertz CT molecular complexity index is 356. The van der Waals surface area contributed by atoms with Gasteiger partial charge >= 0.3 is 8.56 Å². The zero-order valence-electron chi connectivity index (χ0n) is 21.4. The molecule has 0 bridgehead atoms. The lowest BCUT2D eigenvalue weighted by Crippen LogP contribution is -2.42. The molecule has 0 aromatic heterocycles. The monoisotopic (exact) mass is 431 g/mol. The summed E-state index contributed by atoms with van der Waals surface area (Å²) in [7, 11) is 4.66. The fourth-order valence-electron chi connectivity index (χ4n) is 3.80. The van der Waals surface area contributed by atoms with Crippen LogP contribution in [0.1, 0.15) is 60.3 Å². The summed E-state index contributed by atoms with van der Waals surface area (Å²) in [5.74, 6) is 0. The molecule has 5 nitrogen and oxygen atoms in total. The van der Waals surface area contributed by atoms with Crippen LogP contribution in [0, 0.1) is 5.41 Å². The van der Waals surface area contributed by atoms with E-state index in [0.29, 0.717) is 5.41 Å². The van der Waals surface area contributed by atoms with Gasteiger partial charge in [-0.25, -0.2) is 0 Å². The van der Waals surface area contributed by atoms with Crippen molar-refractivity contribution in [3.63, 3.8) is 0 Å². The fourth-order valence-corrected chi connectivity index (χ4v) is 6.38. The van der Waals surface area contributed by atoms with Crippen molar-refractivity contribution in [2.24, 2.45) is 5.41 Å². The van der Waals surface area contributed by atoms with Crippen molar-refractivity contribution < 1.29 is 8.85 Å². The molecule has 0 N–H and O–H groups in total. The van der Waals surface area contributed by atoms with Gasteiger partial charge < -0.3 is 23.6 Å². The molecule has 0 unspecified atom stereocenters. The van der Waals surface area contributed by atoms with E-state index < -0.39 is 8.56 Å². The Morgan fingerprint density at radius 2 is 0.966 bits per heavy atom. The summed E-state index contributed by atoms with van der Waals surface area (Å²) < 4.78 is 12.4. The maximum atomic E-state index is 6.19. The highest BCUT2D eigenvalue weighted by Gasteiger charge is 2.37. The van der Waals surface area contributed by atoms with Crippen molar-refractivity contribution in [3.05, 3.63) is 0 Å². The largest absolute Gasteiger partial charge is 0.395 e. The van der Waals surface area contributed by atoms with E-state index in [-0.39, 0.29) is 0 Å². The summed E-state index contributed by atoms with van der Waals surface area (Å²) in [5.41, 5.74) is 0.346. The molecule has 6 heteroatoms.